The molecule has 0 radical (unpaired) electrons. The Bertz CT molecular complexity index is 1150. The van der Waals surface area contributed by atoms with E-state index in [4.69, 9.17) is 10.5 Å². The van der Waals surface area contributed by atoms with Crippen molar-refractivity contribution in [1.82, 2.24) is 0 Å². The first-order valence-corrected chi connectivity index (χ1v) is 14.6. The van der Waals surface area contributed by atoms with Gasteiger partial charge in [-0.1, -0.05) is 53.2 Å². The molecule has 3 N–H and O–H groups in total. The Balaban J connectivity index is 1.62. The van der Waals surface area contributed by atoms with Crippen molar-refractivity contribution in [2.75, 3.05) is 13.2 Å². The minimum atomic E-state index is -0.748. The summed E-state index contributed by atoms with van der Waals surface area (Å²) in [6, 6.07) is 2.26. The first kappa shape index (κ1) is 27.6. The molecule has 0 heterocycles. The Morgan fingerprint density at radius 3 is 2.47 bits per heavy atom. The minimum Gasteiger partial charge on any atom is -0.464 e. The summed E-state index contributed by atoms with van der Waals surface area (Å²) >= 11 is 0. The van der Waals surface area contributed by atoms with Crippen molar-refractivity contribution in [1.29, 1.82) is 5.26 Å². The predicted molar refractivity (Wildman–Crippen MR) is 145 cm³/mol. The average Bonchev–Trinajstić information content (AvgIpc) is 2.86. The molecule has 0 aromatic rings. The molecule has 38 heavy (non-hydrogen) atoms. The van der Waals surface area contributed by atoms with Gasteiger partial charge in [0.1, 0.15) is 0 Å². The SMILES string of the molecule is C[C@@H]1C(O)C(C#N)=C[C@]2(C)C3=CC(=O)C4C5CC(C)(C)CC[C@]5(COC(=O)CN)CC[C@@]4(C)[C@]3(C)CC[C@@H]12. The molecule has 0 amide bonds. The molecule has 3 saturated carbocycles. The molecular formula is C32H46N2O4. The normalized spacial score (nSPS) is 47.2. The van der Waals surface area contributed by atoms with E-state index in [0.717, 1.165) is 50.5 Å². The zero-order chi connectivity index (χ0) is 27.9. The molecule has 208 valence electrons. The lowest BCUT2D eigenvalue weighted by atomic mass is 9.35. The van der Waals surface area contributed by atoms with Gasteiger partial charge in [0.2, 0.25) is 0 Å². The van der Waals surface area contributed by atoms with Crippen LogP contribution in [0.5, 0.6) is 0 Å². The predicted octanol–water partition coefficient (Wildman–Crippen LogP) is 5.11. The van der Waals surface area contributed by atoms with E-state index in [2.05, 4.69) is 47.6 Å². The molecule has 9 atom stereocenters. The molecule has 3 unspecified atom stereocenters. The van der Waals surface area contributed by atoms with Gasteiger partial charge in [0, 0.05) is 16.7 Å². The topological polar surface area (TPSA) is 113 Å². The molecule has 0 aromatic heterocycles. The van der Waals surface area contributed by atoms with E-state index in [-0.39, 0.29) is 63.6 Å². The van der Waals surface area contributed by atoms with Crippen molar-refractivity contribution in [2.45, 2.75) is 92.6 Å². The summed E-state index contributed by atoms with van der Waals surface area (Å²) in [7, 11) is 0. The van der Waals surface area contributed by atoms with Crippen LogP contribution in [0.25, 0.3) is 0 Å². The number of nitrogens with two attached hydrogens (primary N) is 1. The number of ether oxygens (including phenoxy) is 1. The van der Waals surface area contributed by atoms with Crippen molar-refractivity contribution in [2.24, 2.45) is 56.5 Å². The Morgan fingerprint density at radius 2 is 1.82 bits per heavy atom. The number of carbonyl (C=O) groups is 2. The molecule has 0 aromatic carbocycles. The van der Waals surface area contributed by atoms with Gasteiger partial charge in [-0.25, -0.2) is 0 Å². The molecule has 0 saturated heterocycles. The van der Waals surface area contributed by atoms with Crippen LogP contribution in [0.15, 0.2) is 23.3 Å². The van der Waals surface area contributed by atoms with Crippen LogP contribution in [-0.2, 0) is 14.3 Å². The lowest BCUT2D eigenvalue weighted by Gasteiger charge is -2.69. The number of nitrogens with zero attached hydrogens (tertiary/aromatic N) is 1. The number of hydrogen-bond acceptors (Lipinski definition) is 6. The highest BCUT2D eigenvalue weighted by molar-refractivity contribution is 5.95. The summed E-state index contributed by atoms with van der Waals surface area (Å²) in [4.78, 5) is 26.5. The number of ketones is 1. The summed E-state index contributed by atoms with van der Waals surface area (Å²) in [6.07, 6.45) is 9.93. The van der Waals surface area contributed by atoms with Gasteiger partial charge in [-0.3, -0.25) is 9.59 Å². The number of carbonyl (C=O) groups excluding carboxylic acids is 2. The second-order valence-corrected chi connectivity index (χ2v) is 14.8. The van der Waals surface area contributed by atoms with E-state index in [9.17, 15) is 20.0 Å². The van der Waals surface area contributed by atoms with E-state index in [0.29, 0.717) is 12.2 Å². The van der Waals surface area contributed by atoms with E-state index >= 15 is 0 Å². The van der Waals surface area contributed by atoms with Crippen LogP contribution in [-0.4, -0.2) is 36.1 Å². The molecule has 6 nitrogen and oxygen atoms in total. The number of nitriles is 1. The molecular weight excluding hydrogens is 476 g/mol. The number of esters is 1. The van der Waals surface area contributed by atoms with Crippen LogP contribution < -0.4 is 5.73 Å². The zero-order valence-electron chi connectivity index (χ0n) is 24.1. The van der Waals surface area contributed by atoms with Gasteiger partial charge in [0.05, 0.1) is 30.9 Å². The third kappa shape index (κ3) is 3.64. The van der Waals surface area contributed by atoms with Crippen LogP contribution in [0, 0.1) is 62.1 Å². The smallest absolute Gasteiger partial charge is 0.319 e. The zero-order valence-corrected chi connectivity index (χ0v) is 24.1. The monoisotopic (exact) mass is 522 g/mol. The standard InChI is InChI=1S/C32H46N2O4/c1-19-21-7-8-30(5)24(29(21,4)14-20(16-33)27(19)37)13-23(35)26-22-15-28(2,3)9-11-32(22,12-10-31(26,30)6)18-38-25(36)17-34/h13-14,19,21-22,26-27,37H,7-12,15,17-18,34H2,1-6H3/t19-,21-,22?,26?,27?,29-,30+,31+,32+/m0/s1. The largest absolute Gasteiger partial charge is 0.464 e. The van der Waals surface area contributed by atoms with Gasteiger partial charge >= 0.3 is 5.97 Å². The van der Waals surface area contributed by atoms with Crippen LogP contribution >= 0.6 is 0 Å². The van der Waals surface area contributed by atoms with Crippen molar-refractivity contribution in [3.63, 3.8) is 0 Å². The number of hydrogen-bond donors (Lipinski definition) is 2. The highest BCUT2D eigenvalue weighted by Gasteiger charge is 2.69. The number of allylic oxidation sites excluding steroid dienone is 3. The summed E-state index contributed by atoms with van der Waals surface area (Å²) in [5.74, 6) is -0.0207. The van der Waals surface area contributed by atoms with Crippen molar-refractivity contribution >= 4 is 11.8 Å². The van der Waals surface area contributed by atoms with Gasteiger partial charge < -0.3 is 15.6 Å². The first-order valence-electron chi connectivity index (χ1n) is 14.6. The number of aliphatic hydroxyl groups excluding tert-OH is 1. The summed E-state index contributed by atoms with van der Waals surface area (Å²) in [6.45, 7) is 13.8. The quantitative estimate of drug-likeness (QED) is 0.498. The highest BCUT2D eigenvalue weighted by atomic mass is 16.5. The maximum atomic E-state index is 14.4. The summed E-state index contributed by atoms with van der Waals surface area (Å²) in [5, 5.41) is 20.7. The third-order valence-corrected chi connectivity index (χ3v) is 12.6. The van der Waals surface area contributed by atoms with Crippen LogP contribution in [0.3, 0.4) is 0 Å². The molecule has 0 bridgehead atoms. The second kappa shape index (κ2) is 8.77. The molecule has 0 spiro atoms. The van der Waals surface area contributed by atoms with Gasteiger partial charge in [-0.15, -0.1) is 0 Å². The molecule has 5 aliphatic carbocycles. The first-order chi connectivity index (χ1) is 17.7. The Hall–Kier alpha value is -1.97. The maximum Gasteiger partial charge on any atom is 0.319 e. The van der Waals surface area contributed by atoms with Crippen LogP contribution in [0.4, 0.5) is 0 Å². The molecule has 5 rings (SSSR count). The van der Waals surface area contributed by atoms with Gasteiger partial charge in [0.15, 0.2) is 5.78 Å². The summed E-state index contributed by atoms with van der Waals surface area (Å²) < 4.78 is 5.72. The molecule has 5 aliphatic rings. The second-order valence-electron chi connectivity index (χ2n) is 14.8. The van der Waals surface area contributed by atoms with Crippen LogP contribution in [0.2, 0.25) is 0 Å². The fourth-order valence-corrected chi connectivity index (χ4v) is 10.1. The maximum absolute atomic E-state index is 14.4. The van der Waals surface area contributed by atoms with E-state index in [1.165, 1.54) is 0 Å². The van der Waals surface area contributed by atoms with Gasteiger partial charge in [-0.05, 0) is 85.0 Å². The minimum absolute atomic E-state index is 0.0406. The lowest BCUT2D eigenvalue weighted by Crippen LogP contribution is -2.64. The molecule has 3 fully saturated rings. The van der Waals surface area contributed by atoms with Crippen molar-refractivity contribution in [3.05, 3.63) is 23.3 Å². The summed E-state index contributed by atoms with van der Waals surface area (Å²) in [5.41, 5.74) is 6.22. The Kier molecular flexibility index (Phi) is 6.36. The highest BCUT2D eigenvalue weighted by Crippen LogP contribution is 2.73. The van der Waals surface area contributed by atoms with Gasteiger partial charge in [0.25, 0.3) is 0 Å². The fraction of sp³-hybridized carbons (Fsp3) is 0.781. The van der Waals surface area contributed by atoms with Gasteiger partial charge in [-0.2, -0.15) is 5.26 Å². The number of aliphatic hydroxyl groups is 1. The number of rotatable bonds is 3. The fourth-order valence-electron chi connectivity index (χ4n) is 10.1. The van der Waals surface area contributed by atoms with Crippen molar-refractivity contribution < 1.29 is 19.4 Å². The van der Waals surface area contributed by atoms with Crippen LogP contribution in [0.1, 0.15) is 86.5 Å². The molecule has 6 heteroatoms. The average molecular weight is 523 g/mol. The third-order valence-electron chi connectivity index (χ3n) is 12.6. The van der Waals surface area contributed by atoms with E-state index in [1.807, 2.05) is 12.2 Å². The Labute approximate surface area is 228 Å². The van der Waals surface area contributed by atoms with Crippen molar-refractivity contribution in [3.8, 4) is 6.07 Å². The Morgan fingerprint density at radius 1 is 1.13 bits per heavy atom. The molecule has 0 aliphatic heterocycles. The van der Waals surface area contributed by atoms with E-state index < -0.39 is 11.5 Å². The number of fused-ring (bicyclic) bond motifs is 7. The van der Waals surface area contributed by atoms with E-state index in [1.54, 1.807) is 0 Å². The lowest BCUT2D eigenvalue weighted by molar-refractivity contribution is -0.184.